The van der Waals surface area contributed by atoms with E-state index in [1.165, 1.54) is 0 Å². The smallest absolute Gasteiger partial charge is 0.335 e. The van der Waals surface area contributed by atoms with Gasteiger partial charge in [-0.2, -0.15) is 0 Å². The van der Waals surface area contributed by atoms with Crippen LogP contribution in [0.4, 0.5) is 5.69 Å². The second-order valence-corrected chi connectivity index (χ2v) is 5.25. The maximum Gasteiger partial charge on any atom is 0.335 e. The first-order valence-electron chi connectivity index (χ1n) is 5.99. The van der Waals surface area contributed by atoms with E-state index in [0.29, 0.717) is 16.6 Å². The Labute approximate surface area is 127 Å². The highest BCUT2D eigenvalue weighted by molar-refractivity contribution is 6.35. The quantitative estimate of drug-likeness (QED) is 0.867. The minimum Gasteiger partial charge on any atom is -0.478 e. The molecule has 5 heteroatoms. The third-order valence-electron chi connectivity index (χ3n) is 2.93. The summed E-state index contributed by atoms with van der Waals surface area (Å²) in [4.78, 5) is 10.8. The Bertz CT molecular complexity index is 639. The molecule has 0 amide bonds. The van der Waals surface area contributed by atoms with Gasteiger partial charge in [-0.1, -0.05) is 35.3 Å². The number of rotatable bonds is 4. The average Bonchev–Trinajstić information content (AvgIpc) is 2.42. The fourth-order valence-corrected chi connectivity index (χ4v) is 2.19. The molecular weight excluding hydrogens is 297 g/mol. The zero-order valence-electron chi connectivity index (χ0n) is 10.8. The fourth-order valence-electron chi connectivity index (χ4n) is 1.74. The van der Waals surface area contributed by atoms with E-state index in [0.717, 1.165) is 16.8 Å². The summed E-state index contributed by atoms with van der Waals surface area (Å²) in [5.41, 5.74) is 2.91. The Morgan fingerprint density at radius 2 is 1.80 bits per heavy atom. The van der Waals surface area contributed by atoms with Gasteiger partial charge < -0.3 is 10.4 Å². The first kappa shape index (κ1) is 14.7. The van der Waals surface area contributed by atoms with Gasteiger partial charge in [0, 0.05) is 11.6 Å². The largest absolute Gasteiger partial charge is 0.478 e. The van der Waals surface area contributed by atoms with Gasteiger partial charge in [0.1, 0.15) is 0 Å². The van der Waals surface area contributed by atoms with Crippen LogP contribution in [0.25, 0.3) is 0 Å². The van der Waals surface area contributed by atoms with Crippen molar-refractivity contribution in [2.24, 2.45) is 0 Å². The third kappa shape index (κ3) is 3.44. The number of anilines is 1. The number of benzene rings is 2. The Morgan fingerprint density at radius 3 is 2.40 bits per heavy atom. The van der Waals surface area contributed by atoms with Crippen molar-refractivity contribution in [1.29, 1.82) is 0 Å². The number of carbonyl (C=O) groups is 1. The molecular formula is C15H13Cl2NO2. The topological polar surface area (TPSA) is 49.3 Å². The van der Waals surface area contributed by atoms with Gasteiger partial charge in [0.2, 0.25) is 0 Å². The molecule has 2 aromatic rings. The van der Waals surface area contributed by atoms with Gasteiger partial charge in [-0.05, 0) is 42.3 Å². The van der Waals surface area contributed by atoms with Crippen LogP contribution >= 0.6 is 23.2 Å². The van der Waals surface area contributed by atoms with E-state index in [9.17, 15) is 4.79 Å². The number of aryl methyl sites for hydroxylation is 1. The summed E-state index contributed by atoms with van der Waals surface area (Å²) in [5.74, 6) is -0.933. The van der Waals surface area contributed by atoms with Crippen LogP contribution in [0.5, 0.6) is 0 Å². The van der Waals surface area contributed by atoms with Crippen LogP contribution in [0.1, 0.15) is 21.5 Å². The van der Waals surface area contributed by atoms with Crippen LogP contribution in [-0.4, -0.2) is 11.1 Å². The molecule has 0 fully saturated rings. The first-order chi connectivity index (χ1) is 9.47. The predicted octanol–water partition coefficient (Wildman–Crippen LogP) is 4.61. The number of aromatic carboxylic acids is 1. The summed E-state index contributed by atoms with van der Waals surface area (Å²) < 4.78 is 0. The zero-order valence-corrected chi connectivity index (χ0v) is 12.3. The minimum absolute atomic E-state index is 0.269. The summed E-state index contributed by atoms with van der Waals surface area (Å²) in [6, 6.07) is 10.3. The van der Waals surface area contributed by atoms with Crippen LogP contribution in [0.3, 0.4) is 0 Å². The van der Waals surface area contributed by atoms with E-state index in [4.69, 9.17) is 28.3 Å². The fraction of sp³-hybridized carbons (Fsp3) is 0.133. The predicted molar refractivity (Wildman–Crippen MR) is 81.9 cm³/mol. The number of hydrogen-bond acceptors (Lipinski definition) is 2. The number of hydrogen-bond donors (Lipinski definition) is 2. The highest BCUT2D eigenvalue weighted by Gasteiger charge is 2.05. The van der Waals surface area contributed by atoms with Crippen LogP contribution in [0.2, 0.25) is 10.0 Å². The van der Waals surface area contributed by atoms with Crippen molar-refractivity contribution in [3.63, 3.8) is 0 Å². The molecule has 104 valence electrons. The van der Waals surface area contributed by atoms with Crippen molar-refractivity contribution in [2.75, 3.05) is 5.32 Å². The average molecular weight is 310 g/mol. The molecule has 0 heterocycles. The number of halogens is 2. The molecule has 0 atom stereocenters. The molecule has 0 aliphatic heterocycles. The maximum absolute atomic E-state index is 10.8. The van der Waals surface area contributed by atoms with E-state index in [1.54, 1.807) is 36.4 Å². The van der Waals surface area contributed by atoms with Crippen molar-refractivity contribution in [3.8, 4) is 0 Å². The lowest BCUT2D eigenvalue weighted by Crippen LogP contribution is -2.02. The van der Waals surface area contributed by atoms with Crippen LogP contribution in [0, 0.1) is 6.92 Å². The molecule has 3 nitrogen and oxygen atoms in total. The van der Waals surface area contributed by atoms with Crippen molar-refractivity contribution in [2.45, 2.75) is 13.5 Å². The summed E-state index contributed by atoms with van der Waals surface area (Å²) in [7, 11) is 0. The third-order valence-corrected chi connectivity index (χ3v) is 3.65. The lowest BCUT2D eigenvalue weighted by Gasteiger charge is -2.10. The molecule has 2 N–H and O–H groups in total. The highest BCUT2D eigenvalue weighted by Crippen LogP contribution is 2.29. The van der Waals surface area contributed by atoms with Crippen LogP contribution < -0.4 is 5.32 Å². The first-order valence-corrected chi connectivity index (χ1v) is 6.74. The van der Waals surface area contributed by atoms with Gasteiger partial charge >= 0.3 is 5.97 Å². The molecule has 2 rings (SSSR count). The van der Waals surface area contributed by atoms with Crippen molar-refractivity contribution in [3.05, 3.63) is 63.1 Å². The van der Waals surface area contributed by atoms with Gasteiger partial charge in [-0.15, -0.1) is 0 Å². The SMILES string of the molecule is Cc1cc(Cl)c(NCc2ccc(C(=O)O)cc2)cc1Cl. The Hall–Kier alpha value is -1.71. The molecule has 0 radical (unpaired) electrons. The van der Waals surface area contributed by atoms with Crippen LogP contribution in [0.15, 0.2) is 36.4 Å². The standard InChI is InChI=1S/C15H13Cl2NO2/c1-9-6-13(17)14(7-12(9)16)18-8-10-2-4-11(5-3-10)15(19)20/h2-7,18H,8H2,1H3,(H,19,20). The summed E-state index contributed by atoms with van der Waals surface area (Å²) in [5, 5.41) is 13.3. The second-order valence-electron chi connectivity index (χ2n) is 4.44. The Balaban J connectivity index is 2.09. The molecule has 0 aliphatic rings. The van der Waals surface area contributed by atoms with Gasteiger partial charge in [0.05, 0.1) is 16.3 Å². The molecule has 0 saturated carbocycles. The monoisotopic (exact) mass is 309 g/mol. The Morgan fingerprint density at radius 1 is 1.15 bits per heavy atom. The van der Waals surface area contributed by atoms with Gasteiger partial charge in [0.15, 0.2) is 0 Å². The molecule has 2 aromatic carbocycles. The molecule has 0 aromatic heterocycles. The van der Waals surface area contributed by atoms with E-state index in [-0.39, 0.29) is 5.56 Å². The van der Waals surface area contributed by atoms with E-state index in [1.807, 2.05) is 6.92 Å². The molecule has 0 spiro atoms. The maximum atomic E-state index is 10.8. The van der Waals surface area contributed by atoms with Gasteiger partial charge in [-0.3, -0.25) is 0 Å². The molecule has 0 saturated heterocycles. The van der Waals surface area contributed by atoms with Crippen molar-refractivity contribution < 1.29 is 9.90 Å². The minimum atomic E-state index is -0.933. The lowest BCUT2D eigenvalue weighted by atomic mass is 10.1. The zero-order chi connectivity index (χ0) is 14.7. The molecule has 20 heavy (non-hydrogen) atoms. The molecule has 0 aliphatic carbocycles. The van der Waals surface area contributed by atoms with E-state index < -0.39 is 5.97 Å². The second kappa shape index (κ2) is 6.16. The number of nitrogens with one attached hydrogen (secondary N) is 1. The van der Waals surface area contributed by atoms with E-state index >= 15 is 0 Å². The molecule has 0 bridgehead atoms. The lowest BCUT2D eigenvalue weighted by molar-refractivity contribution is 0.0697. The van der Waals surface area contributed by atoms with Gasteiger partial charge in [0.25, 0.3) is 0 Å². The summed E-state index contributed by atoms with van der Waals surface area (Å²) in [6.45, 7) is 2.43. The van der Waals surface area contributed by atoms with Crippen LogP contribution in [-0.2, 0) is 6.54 Å². The number of carboxylic acids is 1. The normalized spacial score (nSPS) is 10.3. The van der Waals surface area contributed by atoms with E-state index in [2.05, 4.69) is 5.32 Å². The highest BCUT2D eigenvalue weighted by atomic mass is 35.5. The van der Waals surface area contributed by atoms with Gasteiger partial charge in [-0.25, -0.2) is 4.79 Å². The Kier molecular flexibility index (Phi) is 4.53. The summed E-state index contributed by atoms with van der Waals surface area (Å²) in [6.07, 6.45) is 0. The molecule has 0 unspecified atom stereocenters. The number of carboxylic acid groups (broad SMARTS) is 1. The summed E-state index contributed by atoms with van der Waals surface area (Å²) >= 11 is 12.2. The van der Waals surface area contributed by atoms with Crippen molar-refractivity contribution >= 4 is 34.9 Å². The van der Waals surface area contributed by atoms with Crippen molar-refractivity contribution in [1.82, 2.24) is 0 Å².